The average Bonchev–Trinajstić information content (AvgIpc) is 2.56. The van der Waals surface area contributed by atoms with Gasteiger partial charge in [-0.05, 0) is 77.1 Å². The van der Waals surface area contributed by atoms with E-state index in [1.54, 1.807) is 0 Å². The van der Waals surface area contributed by atoms with Crippen LogP contribution in [0.3, 0.4) is 0 Å². The first kappa shape index (κ1) is 20.9. The largest absolute Gasteiger partial charge is 0.433 e. The highest BCUT2D eigenvalue weighted by atomic mass is 35.5. The quantitative estimate of drug-likeness (QED) is 0.738. The van der Waals surface area contributed by atoms with Gasteiger partial charge in [-0.25, -0.2) is 0 Å². The number of alkyl halides is 2. The van der Waals surface area contributed by atoms with E-state index in [4.69, 9.17) is 11.6 Å². The molecule has 0 radical (unpaired) electrons. The first-order valence-electron chi connectivity index (χ1n) is 8.75. The summed E-state index contributed by atoms with van der Waals surface area (Å²) in [6, 6.07) is 4.22. The highest BCUT2D eigenvalue weighted by Crippen LogP contribution is 2.29. The Bertz CT molecular complexity index is 594. The van der Waals surface area contributed by atoms with Gasteiger partial charge in [-0.1, -0.05) is 11.6 Å². The molecular formula is C18H26ClF2N3O2. The second-order valence-electron chi connectivity index (χ2n) is 6.88. The first-order chi connectivity index (χ1) is 12.3. The molecule has 1 aliphatic rings. The Labute approximate surface area is 158 Å². The summed E-state index contributed by atoms with van der Waals surface area (Å²) in [6.45, 7) is 0.291. The van der Waals surface area contributed by atoms with E-state index in [9.17, 15) is 13.6 Å². The Morgan fingerprint density at radius 3 is 2.65 bits per heavy atom. The molecule has 5 nitrogen and oxygen atoms in total. The Balaban J connectivity index is 1.76. The second-order valence-corrected chi connectivity index (χ2v) is 7.29. The molecule has 1 aromatic carbocycles. The van der Waals surface area contributed by atoms with Crippen molar-refractivity contribution >= 4 is 23.2 Å². The van der Waals surface area contributed by atoms with E-state index in [-0.39, 0.29) is 16.7 Å². The van der Waals surface area contributed by atoms with Crippen LogP contribution in [0.5, 0.6) is 5.75 Å². The van der Waals surface area contributed by atoms with Gasteiger partial charge in [0.05, 0.1) is 11.6 Å². The van der Waals surface area contributed by atoms with Crippen molar-refractivity contribution in [2.45, 2.75) is 25.9 Å². The summed E-state index contributed by atoms with van der Waals surface area (Å²) in [7, 11) is 4.16. The smallest absolute Gasteiger partial charge is 0.387 e. The number of likely N-dealkylation sites (tertiary alicyclic amines) is 1. The van der Waals surface area contributed by atoms with Crippen LogP contribution in [0, 0.1) is 5.92 Å². The number of piperidine rings is 1. The molecule has 0 atom stereocenters. The maximum absolute atomic E-state index is 12.2. The fraction of sp³-hybridized carbons (Fsp3) is 0.611. The molecule has 1 saturated heterocycles. The Morgan fingerprint density at radius 1 is 1.38 bits per heavy atom. The third-order valence-corrected chi connectivity index (χ3v) is 4.79. The van der Waals surface area contributed by atoms with Crippen molar-refractivity contribution in [1.29, 1.82) is 0 Å². The minimum Gasteiger partial charge on any atom is -0.433 e. The molecule has 0 aliphatic carbocycles. The van der Waals surface area contributed by atoms with E-state index in [2.05, 4.69) is 33.9 Å². The molecule has 1 N–H and O–H groups in total. The summed E-state index contributed by atoms with van der Waals surface area (Å²) in [5, 5.41) is 2.78. The minimum atomic E-state index is -2.94. The van der Waals surface area contributed by atoms with Crippen molar-refractivity contribution < 1.29 is 18.3 Å². The lowest BCUT2D eigenvalue weighted by Gasteiger charge is -2.32. The van der Waals surface area contributed by atoms with Gasteiger partial charge in [0, 0.05) is 5.69 Å². The number of hydrogen-bond acceptors (Lipinski definition) is 4. The molecule has 0 bridgehead atoms. The van der Waals surface area contributed by atoms with Gasteiger partial charge in [0.1, 0.15) is 5.75 Å². The van der Waals surface area contributed by atoms with Crippen LogP contribution >= 0.6 is 11.6 Å². The van der Waals surface area contributed by atoms with Gasteiger partial charge >= 0.3 is 6.61 Å². The van der Waals surface area contributed by atoms with Gasteiger partial charge < -0.3 is 15.0 Å². The number of carbonyl (C=O) groups excluding carboxylic acids is 1. The zero-order valence-electron chi connectivity index (χ0n) is 15.2. The molecule has 26 heavy (non-hydrogen) atoms. The lowest BCUT2D eigenvalue weighted by Crippen LogP contribution is -2.39. The monoisotopic (exact) mass is 389 g/mol. The normalized spacial score (nSPS) is 16.3. The second kappa shape index (κ2) is 10.0. The number of nitrogens with one attached hydrogen (secondary N) is 1. The molecule has 1 amide bonds. The zero-order chi connectivity index (χ0) is 19.1. The van der Waals surface area contributed by atoms with Gasteiger partial charge in [0.15, 0.2) is 0 Å². The molecule has 8 heteroatoms. The van der Waals surface area contributed by atoms with Crippen LogP contribution in [-0.2, 0) is 4.79 Å². The van der Waals surface area contributed by atoms with E-state index in [1.165, 1.54) is 24.6 Å². The van der Waals surface area contributed by atoms with Gasteiger partial charge in [-0.3, -0.25) is 9.69 Å². The van der Waals surface area contributed by atoms with Crippen LogP contribution in [0.1, 0.15) is 19.3 Å². The number of amides is 1. The van der Waals surface area contributed by atoms with Crippen LogP contribution in [-0.4, -0.2) is 62.6 Å². The molecule has 1 fully saturated rings. The molecule has 1 aliphatic heterocycles. The number of ether oxygens (including phenoxy) is 1. The first-order valence-corrected chi connectivity index (χ1v) is 9.12. The topological polar surface area (TPSA) is 44.8 Å². The Morgan fingerprint density at radius 2 is 2.08 bits per heavy atom. The van der Waals surface area contributed by atoms with Gasteiger partial charge in [-0.2, -0.15) is 8.78 Å². The van der Waals surface area contributed by atoms with Crippen LogP contribution in [0.4, 0.5) is 14.5 Å². The number of carbonyl (C=O) groups is 1. The van der Waals surface area contributed by atoms with Crippen LogP contribution < -0.4 is 10.1 Å². The highest BCUT2D eigenvalue weighted by molar-refractivity contribution is 6.32. The SMILES string of the molecule is CN(C)CCC1CCN(CC(=O)Nc2ccc(OC(F)F)c(Cl)c2)CC1. The van der Waals surface area contributed by atoms with Gasteiger partial charge in [0.2, 0.25) is 5.91 Å². The number of halogens is 3. The molecule has 1 heterocycles. The molecular weight excluding hydrogens is 364 g/mol. The summed E-state index contributed by atoms with van der Waals surface area (Å²) in [5.41, 5.74) is 0.461. The molecule has 0 spiro atoms. The molecule has 2 rings (SSSR count). The molecule has 1 aromatic rings. The predicted molar refractivity (Wildman–Crippen MR) is 99.0 cm³/mol. The van der Waals surface area contributed by atoms with Crippen molar-refractivity contribution in [2.24, 2.45) is 5.92 Å². The summed E-state index contributed by atoms with van der Waals surface area (Å²) in [6.07, 6.45) is 3.40. The van der Waals surface area contributed by atoms with Crippen LogP contribution in [0.2, 0.25) is 5.02 Å². The average molecular weight is 390 g/mol. The fourth-order valence-corrected chi connectivity index (χ4v) is 3.27. The Hall–Kier alpha value is -1.44. The van der Waals surface area contributed by atoms with Gasteiger partial charge in [0.25, 0.3) is 0 Å². The predicted octanol–water partition coefficient (Wildman–Crippen LogP) is 3.54. The van der Waals surface area contributed by atoms with Gasteiger partial charge in [-0.15, -0.1) is 0 Å². The summed E-state index contributed by atoms with van der Waals surface area (Å²) in [5.74, 6) is 0.465. The van der Waals surface area contributed by atoms with Crippen molar-refractivity contribution in [3.8, 4) is 5.75 Å². The van der Waals surface area contributed by atoms with E-state index in [0.717, 1.165) is 38.4 Å². The van der Waals surface area contributed by atoms with Crippen molar-refractivity contribution in [2.75, 3.05) is 45.6 Å². The Kier molecular flexibility index (Phi) is 8.06. The molecule has 0 saturated carbocycles. The third kappa shape index (κ3) is 7.05. The van der Waals surface area contributed by atoms with E-state index in [0.29, 0.717) is 12.2 Å². The highest BCUT2D eigenvalue weighted by Gasteiger charge is 2.21. The maximum Gasteiger partial charge on any atom is 0.387 e. The number of hydrogen-bond donors (Lipinski definition) is 1. The summed E-state index contributed by atoms with van der Waals surface area (Å²) in [4.78, 5) is 16.5. The van der Waals surface area contributed by atoms with Crippen LogP contribution in [0.25, 0.3) is 0 Å². The van der Waals surface area contributed by atoms with Crippen molar-refractivity contribution in [3.05, 3.63) is 23.2 Å². The lowest BCUT2D eigenvalue weighted by molar-refractivity contribution is -0.117. The summed E-state index contributed by atoms with van der Waals surface area (Å²) >= 11 is 5.89. The van der Waals surface area contributed by atoms with E-state index >= 15 is 0 Å². The van der Waals surface area contributed by atoms with E-state index in [1.807, 2.05) is 0 Å². The fourth-order valence-electron chi connectivity index (χ4n) is 3.05. The molecule has 0 aromatic heterocycles. The molecule has 146 valence electrons. The summed E-state index contributed by atoms with van der Waals surface area (Å²) < 4.78 is 28.7. The number of nitrogens with zero attached hydrogens (tertiary/aromatic N) is 2. The van der Waals surface area contributed by atoms with Crippen molar-refractivity contribution in [3.63, 3.8) is 0 Å². The minimum absolute atomic E-state index is 0.0322. The molecule has 0 unspecified atom stereocenters. The maximum atomic E-state index is 12.2. The lowest BCUT2D eigenvalue weighted by atomic mass is 9.93. The number of rotatable bonds is 8. The number of anilines is 1. The standard InChI is InChI=1S/C18H26ClF2N3O2/c1-23(2)8-5-13-6-9-24(10-7-13)12-17(25)22-14-3-4-16(15(19)11-14)26-18(20)21/h3-4,11,13,18H,5-10,12H2,1-2H3,(H,22,25). The van der Waals surface area contributed by atoms with Crippen LogP contribution in [0.15, 0.2) is 18.2 Å². The van der Waals surface area contributed by atoms with E-state index < -0.39 is 6.61 Å². The third-order valence-electron chi connectivity index (χ3n) is 4.49. The van der Waals surface area contributed by atoms with Crippen molar-refractivity contribution in [1.82, 2.24) is 9.80 Å². The number of benzene rings is 1. The zero-order valence-corrected chi connectivity index (χ0v) is 15.9.